The number of hydrogen-bond donors (Lipinski definition) is 1. The lowest BCUT2D eigenvalue weighted by Gasteiger charge is -2.35. The van der Waals surface area contributed by atoms with Crippen LogP contribution >= 0.6 is 11.6 Å². The Balaban J connectivity index is 1.78. The zero-order chi connectivity index (χ0) is 22.6. The van der Waals surface area contributed by atoms with Crippen molar-refractivity contribution in [1.82, 2.24) is 15.0 Å². The number of halogens is 4. The molecule has 0 fully saturated rings. The van der Waals surface area contributed by atoms with Crippen molar-refractivity contribution in [3.05, 3.63) is 92.8 Å². The maximum atomic E-state index is 15.0. The Kier molecular flexibility index (Phi) is 4.79. The topological polar surface area (TPSA) is 49.2 Å². The van der Waals surface area contributed by atoms with Gasteiger partial charge in [0.1, 0.15) is 11.9 Å². The van der Waals surface area contributed by atoms with E-state index in [1.165, 1.54) is 24.3 Å². The van der Waals surface area contributed by atoms with E-state index in [1.54, 1.807) is 17.9 Å². The maximum Gasteiger partial charge on any atom is 0.323 e. The summed E-state index contributed by atoms with van der Waals surface area (Å²) >= 11 is 6.00. The summed E-state index contributed by atoms with van der Waals surface area (Å²) in [5, 5.41) is 0.707. The summed E-state index contributed by atoms with van der Waals surface area (Å²) < 4.78 is 43.3. The van der Waals surface area contributed by atoms with E-state index in [-0.39, 0.29) is 22.4 Å². The molecular formula is C23H15ClF3N5. The fraction of sp³-hybridized carbons (Fsp3) is 0.174. The number of anilines is 1. The van der Waals surface area contributed by atoms with Crippen LogP contribution in [0.15, 0.2) is 36.4 Å². The molecular weight excluding hydrogens is 439 g/mol. The molecule has 1 N–H and O–H groups in total. The van der Waals surface area contributed by atoms with Crippen molar-refractivity contribution in [3.63, 3.8) is 0 Å². The Labute approximate surface area is 186 Å². The molecule has 32 heavy (non-hydrogen) atoms. The average molecular weight is 454 g/mol. The van der Waals surface area contributed by atoms with Crippen LogP contribution < -0.4 is 4.90 Å². The zero-order valence-corrected chi connectivity index (χ0v) is 17.5. The molecule has 2 aromatic carbocycles. The quantitative estimate of drug-likeness (QED) is 0.376. The molecule has 1 unspecified atom stereocenters. The molecule has 9 heteroatoms. The van der Waals surface area contributed by atoms with Gasteiger partial charge in [-0.3, -0.25) is 0 Å². The molecule has 3 heterocycles. The number of aryl methyl sites for hydroxylation is 1. The minimum absolute atomic E-state index is 0.0149. The van der Waals surface area contributed by atoms with Crippen molar-refractivity contribution < 1.29 is 13.2 Å². The second-order valence-corrected chi connectivity index (χ2v) is 8.00. The monoisotopic (exact) mass is 453 g/mol. The van der Waals surface area contributed by atoms with Gasteiger partial charge in [0.15, 0.2) is 11.6 Å². The highest BCUT2D eigenvalue weighted by Crippen LogP contribution is 2.42. The van der Waals surface area contributed by atoms with Crippen LogP contribution in [0.3, 0.4) is 0 Å². The van der Waals surface area contributed by atoms with Crippen molar-refractivity contribution in [3.8, 4) is 0 Å². The van der Waals surface area contributed by atoms with Crippen molar-refractivity contribution >= 4 is 34.3 Å². The SMILES string of the molecule is [C-]#[N+]c1cc(C)nc(N2CCc3c([nH]c4cc(F)c(Cl)cc34)C2c2cccc(F)c2F)n1. The summed E-state index contributed by atoms with van der Waals surface area (Å²) in [4.78, 5) is 17.1. The highest BCUT2D eigenvalue weighted by molar-refractivity contribution is 6.31. The van der Waals surface area contributed by atoms with E-state index in [2.05, 4.69) is 19.8 Å². The predicted molar refractivity (Wildman–Crippen MR) is 116 cm³/mol. The van der Waals surface area contributed by atoms with Gasteiger partial charge in [-0.05, 0) is 43.2 Å². The van der Waals surface area contributed by atoms with E-state index in [0.29, 0.717) is 29.9 Å². The summed E-state index contributed by atoms with van der Waals surface area (Å²) in [7, 11) is 0. The first-order valence-electron chi connectivity index (χ1n) is 9.80. The second-order valence-electron chi connectivity index (χ2n) is 7.60. The molecule has 0 saturated heterocycles. The number of fused-ring (bicyclic) bond motifs is 3. The molecule has 4 aromatic rings. The number of aromatic nitrogens is 3. The predicted octanol–water partition coefficient (Wildman–Crippen LogP) is 6.04. The number of H-pyrrole nitrogens is 1. The molecule has 1 aliphatic rings. The first-order valence-corrected chi connectivity index (χ1v) is 10.2. The molecule has 2 aromatic heterocycles. The first-order chi connectivity index (χ1) is 15.4. The Hall–Kier alpha value is -3.57. The van der Waals surface area contributed by atoms with Gasteiger partial charge in [-0.2, -0.15) is 4.98 Å². The Morgan fingerprint density at radius 1 is 1.16 bits per heavy atom. The summed E-state index contributed by atoms with van der Waals surface area (Å²) in [6.45, 7) is 9.42. The van der Waals surface area contributed by atoms with Crippen molar-refractivity contribution in [2.24, 2.45) is 0 Å². The third-order valence-corrected chi connectivity index (χ3v) is 5.93. The van der Waals surface area contributed by atoms with Crippen LogP contribution in [0, 0.1) is 30.9 Å². The van der Waals surface area contributed by atoms with Gasteiger partial charge in [0.25, 0.3) is 5.82 Å². The molecule has 160 valence electrons. The van der Waals surface area contributed by atoms with Gasteiger partial charge in [-0.1, -0.05) is 35.3 Å². The molecule has 0 spiro atoms. The lowest BCUT2D eigenvalue weighted by atomic mass is 9.92. The van der Waals surface area contributed by atoms with Gasteiger partial charge in [-0.25, -0.2) is 13.2 Å². The number of aromatic amines is 1. The number of benzene rings is 2. The van der Waals surface area contributed by atoms with E-state index >= 15 is 0 Å². The summed E-state index contributed by atoms with van der Waals surface area (Å²) in [5.74, 6) is -2.16. The van der Waals surface area contributed by atoms with Crippen LogP contribution in [-0.2, 0) is 6.42 Å². The number of nitrogens with one attached hydrogen (secondary N) is 1. The summed E-state index contributed by atoms with van der Waals surface area (Å²) in [5.41, 5.74) is 2.58. The van der Waals surface area contributed by atoms with Crippen LogP contribution in [0.25, 0.3) is 15.7 Å². The second kappa shape index (κ2) is 7.53. The molecule has 0 amide bonds. The van der Waals surface area contributed by atoms with E-state index in [4.69, 9.17) is 18.2 Å². The molecule has 5 rings (SSSR count). The third-order valence-electron chi connectivity index (χ3n) is 5.64. The van der Waals surface area contributed by atoms with Gasteiger partial charge >= 0.3 is 5.95 Å². The van der Waals surface area contributed by atoms with Gasteiger partial charge in [0.2, 0.25) is 0 Å². The Morgan fingerprint density at radius 3 is 2.75 bits per heavy atom. The molecule has 1 aliphatic heterocycles. The van der Waals surface area contributed by atoms with E-state index in [9.17, 15) is 13.2 Å². The number of rotatable bonds is 2. The lowest BCUT2D eigenvalue weighted by Crippen LogP contribution is -2.38. The smallest absolute Gasteiger partial charge is 0.323 e. The summed E-state index contributed by atoms with van der Waals surface area (Å²) in [6.07, 6.45) is 0.509. The molecule has 0 bridgehead atoms. The van der Waals surface area contributed by atoms with Crippen LogP contribution in [0.4, 0.5) is 24.9 Å². The number of nitrogens with zero attached hydrogens (tertiary/aromatic N) is 4. The molecule has 5 nitrogen and oxygen atoms in total. The molecule has 0 aliphatic carbocycles. The minimum Gasteiger partial charge on any atom is -0.360 e. The van der Waals surface area contributed by atoms with Crippen molar-refractivity contribution in [1.29, 1.82) is 0 Å². The highest BCUT2D eigenvalue weighted by Gasteiger charge is 2.37. The lowest BCUT2D eigenvalue weighted by molar-refractivity contribution is 0.485. The van der Waals surface area contributed by atoms with Crippen molar-refractivity contribution in [2.45, 2.75) is 19.4 Å². The van der Waals surface area contributed by atoms with E-state index < -0.39 is 23.5 Å². The fourth-order valence-corrected chi connectivity index (χ4v) is 4.44. The van der Waals surface area contributed by atoms with Crippen LogP contribution in [0.1, 0.15) is 28.6 Å². The van der Waals surface area contributed by atoms with E-state index in [1.807, 2.05) is 0 Å². The first kappa shape index (κ1) is 20.3. The van der Waals surface area contributed by atoms with Gasteiger partial charge in [-0.15, -0.1) is 0 Å². The molecule has 1 atom stereocenters. The van der Waals surface area contributed by atoms with E-state index in [0.717, 1.165) is 17.0 Å². The van der Waals surface area contributed by atoms with Crippen LogP contribution in [0.5, 0.6) is 0 Å². The van der Waals surface area contributed by atoms with Crippen LogP contribution in [-0.4, -0.2) is 21.5 Å². The standard InChI is InChI=1S/C23H15ClF3N5/c1-11-8-19(28-2)31-23(29-11)32-7-6-12-14-9-15(24)17(26)10-18(14)30-21(12)22(32)13-4-3-5-16(25)20(13)27/h3-5,8-10,22,30H,6-7H2,1H3. The molecule has 0 saturated carbocycles. The van der Waals surface area contributed by atoms with Gasteiger partial charge in [0, 0.05) is 34.4 Å². The largest absolute Gasteiger partial charge is 0.360 e. The Morgan fingerprint density at radius 2 is 1.97 bits per heavy atom. The number of hydrogen-bond acceptors (Lipinski definition) is 3. The maximum absolute atomic E-state index is 15.0. The normalized spacial score (nSPS) is 15.6. The van der Waals surface area contributed by atoms with Crippen molar-refractivity contribution in [2.75, 3.05) is 11.4 Å². The fourth-order valence-electron chi connectivity index (χ4n) is 4.28. The zero-order valence-electron chi connectivity index (χ0n) is 16.8. The third kappa shape index (κ3) is 3.17. The summed E-state index contributed by atoms with van der Waals surface area (Å²) in [6, 6.07) is 7.54. The molecule has 0 radical (unpaired) electrons. The minimum atomic E-state index is -0.990. The van der Waals surface area contributed by atoms with Gasteiger partial charge in [0.05, 0.1) is 5.02 Å². The highest BCUT2D eigenvalue weighted by atomic mass is 35.5. The Bertz CT molecular complexity index is 1430. The van der Waals surface area contributed by atoms with Gasteiger partial charge < -0.3 is 14.7 Å². The average Bonchev–Trinajstić information content (AvgIpc) is 3.12. The van der Waals surface area contributed by atoms with Crippen LogP contribution in [0.2, 0.25) is 5.02 Å².